The number of nitrogens with zero attached hydrogens (tertiary/aromatic N) is 2. The highest BCUT2D eigenvalue weighted by atomic mass is 32.1. The van der Waals surface area contributed by atoms with Crippen LogP contribution in [0.2, 0.25) is 0 Å². The van der Waals surface area contributed by atoms with E-state index in [0.717, 1.165) is 11.5 Å². The van der Waals surface area contributed by atoms with Crippen molar-refractivity contribution < 1.29 is 9.59 Å². The Labute approximate surface area is 103 Å². The Morgan fingerprint density at radius 2 is 2.12 bits per heavy atom. The van der Waals surface area contributed by atoms with Crippen molar-refractivity contribution in [3.8, 4) is 0 Å². The van der Waals surface area contributed by atoms with E-state index >= 15 is 0 Å². The van der Waals surface area contributed by atoms with E-state index in [2.05, 4.69) is 9.69 Å². The van der Waals surface area contributed by atoms with Crippen LogP contribution in [0.5, 0.6) is 0 Å². The molecule has 0 unspecified atom stereocenters. The number of primary amides is 1. The van der Waals surface area contributed by atoms with E-state index in [0.29, 0.717) is 18.0 Å². The maximum Gasteiger partial charge on any atom is 0.255 e. The second-order valence-electron chi connectivity index (χ2n) is 3.60. The first-order chi connectivity index (χ1) is 7.93. The molecule has 1 aromatic heterocycles. The number of hydrogen-bond donors (Lipinski definition) is 3. The molecule has 8 heteroatoms. The van der Waals surface area contributed by atoms with Crippen LogP contribution in [0.3, 0.4) is 0 Å². The van der Waals surface area contributed by atoms with Gasteiger partial charge < -0.3 is 21.7 Å². The molecule has 0 aliphatic rings. The van der Waals surface area contributed by atoms with Gasteiger partial charge in [-0.25, -0.2) is 0 Å². The Bertz CT molecular complexity index is 429. The molecule has 0 aromatic carbocycles. The zero-order valence-electron chi connectivity index (χ0n) is 9.69. The van der Waals surface area contributed by atoms with Gasteiger partial charge in [0.05, 0.1) is 0 Å². The molecule has 1 rings (SSSR count). The number of anilines is 2. The molecule has 0 radical (unpaired) electrons. The van der Waals surface area contributed by atoms with Gasteiger partial charge in [-0.15, -0.1) is 0 Å². The molecule has 1 aromatic rings. The fourth-order valence-corrected chi connectivity index (χ4v) is 1.91. The van der Waals surface area contributed by atoms with Crippen LogP contribution in [-0.4, -0.2) is 41.7 Å². The molecule has 7 nitrogen and oxygen atoms in total. The summed E-state index contributed by atoms with van der Waals surface area (Å²) in [7, 11) is 3.36. The number of rotatable bonds is 5. The standard InChI is InChI=1S/C9H15N5O2S/c1-14(2)5(15)3-4-12-9-6(8(11)16)7(10)13-17-9/h12H,3-4H2,1-2H3,(H2,10,13)(H2,11,16). The molecule has 0 fully saturated rings. The Hall–Kier alpha value is -1.83. The highest BCUT2D eigenvalue weighted by molar-refractivity contribution is 7.11. The first kappa shape index (κ1) is 13.2. The lowest BCUT2D eigenvalue weighted by atomic mass is 10.3. The van der Waals surface area contributed by atoms with E-state index in [4.69, 9.17) is 11.5 Å². The summed E-state index contributed by atoms with van der Waals surface area (Å²) in [5.74, 6) is -0.516. The number of nitrogens with one attached hydrogen (secondary N) is 1. The molecule has 0 bridgehead atoms. The monoisotopic (exact) mass is 257 g/mol. The van der Waals surface area contributed by atoms with Crippen molar-refractivity contribution in [3.63, 3.8) is 0 Å². The van der Waals surface area contributed by atoms with E-state index in [1.54, 1.807) is 14.1 Å². The lowest BCUT2D eigenvalue weighted by molar-refractivity contribution is -0.128. The topological polar surface area (TPSA) is 114 Å². The number of nitrogens with two attached hydrogens (primary N) is 2. The molecule has 0 aliphatic carbocycles. The van der Waals surface area contributed by atoms with Crippen LogP contribution < -0.4 is 16.8 Å². The minimum Gasteiger partial charge on any atom is -0.382 e. The van der Waals surface area contributed by atoms with Gasteiger partial charge in [-0.1, -0.05) is 0 Å². The van der Waals surface area contributed by atoms with Crippen molar-refractivity contribution >= 4 is 34.2 Å². The molecule has 17 heavy (non-hydrogen) atoms. The predicted octanol–water partition coefficient (Wildman–Crippen LogP) is -0.286. The van der Waals surface area contributed by atoms with Gasteiger partial charge in [0, 0.05) is 27.1 Å². The minimum atomic E-state index is -0.627. The van der Waals surface area contributed by atoms with Gasteiger partial charge in [-0.2, -0.15) is 4.37 Å². The Balaban J connectivity index is 2.58. The van der Waals surface area contributed by atoms with Crippen LogP contribution in [-0.2, 0) is 4.79 Å². The van der Waals surface area contributed by atoms with E-state index < -0.39 is 5.91 Å². The first-order valence-corrected chi connectivity index (χ1v) is 5.69. The third-order valence-electron chi connectivity index (χ3n) is 2.09. The van der Waals surface area contributed by atoms with E-state index in [1.807, 2.05) is 0 Å². The summed E-state index contributed by atoms with van der Waals surface area (Å²) in [6.07, 6.45) is 0.322. The quantitative estimate of drug-likeness (QED) is 0.671. The van der Waals surface area contributed by atoms with Gasteiger partial charge in [0.25, 0.3) is 5.91 Å². The highest BCUT2D eigenvalue weighted by Gasteiger charge is 2.16. The smallest absolute Gasteiger partial charge is 0.255 e. The average Bonchev–Trinajstić information content (AvgIpc) is 2.59. The molecule has 0 saturated carbocycles. The maximum atomic E-state index is 11.3. The van der Waals surface area contributed by atoms with Gasteiger partial charge in [0.1, 0.15) is 10.6 Å². The van der Waals surface area contributed by atoms with Crippen molar-refractivity contribution in [1.82, 2.24) is 9.27 Å². The van der Waals surface area contributed by atoms with Crippen LogP contribution in [0, 0.1) is 0 Å². The normalized spacial score (nSPS) is 10.0. The zero-order valence-corrected chi connectivity index (χ0v) is 10.5. The predicted molar refractivity (Wildman–Crippen MR) is 66.8 cm³/mol. The summed E-state index contributed by atoms with van der Waals surface area (Å²) in [5.41, 5.74) is 10.9. The molecule has 0 spiro atoms. The van der Waals surface area contributed by atoms with Gasteiger partial charge in [-0.05, 0) is 11.5 Å². The third kappa shape index (κ3) is 3.31. The zero-order chi connectivity index (χ0) is 13.0. The van der Waals surface area contributed by atoms with E-state index in [9.17, 15) is 9.59 Å². The molecule has 94 valence electrons. The maximum absolute atomic E-state index is 11.3. The van der Waals surface area contributed by atoms with Gasteiger partial charge >= 0.3 is 0 Å². The minimum absolute atomic E-state index is 0.00406. The van der Waals surface area contributed by atoms with E-state index in [-0.39, 0.29) is 17.3 Å². The summed E-state index contributed by atoms with van der Waals surface area (Å²) >= 11 is 1.05. The number of carbonyl (C=O) groups excluding carboxylic acids is 2. The largest absolute Gasteiger partial charge is 0.382 e. The fraction of sp³-hybridized carbons (Fsp3) is 0.444. The first-order valence-electron chi connectivity index (χ1n) is 4.92. The van der Waals surface area contributed by atoms with Gasteiger partial charge in [0.2, 0.25) is 5.91 Å². The summed E-state index contributed by atoms with van der Waals surface area (Å²) in [6, 6.07) is 0. The summed E-state index contributed by atoms with van der Waals surface area (Å²) in [6.45, 7) is 0.402. The van der Waals surface area contributed by atoms with Crippen LogP contribution in [0.15, 0.2) is 0 Å². The number of aromatic nitrogens is 1. The number of amides is 2. The summed E-state index contributed by atoms with van der Waals surface area (Å²) in [4.78, 5) is 23.9. The van der Waals surface area contributed by atoms with Crippen molar-refractivity contribution in [2.75, 3.05) is 31.7 Å². The SMILES string of the molecule is CN(C)C(=O)CCNc1snc(N)c1C(N)=O. The molecule has 0 atom stereocenters. The van der Waals surface area contributed by atoms with E-state index in [1.165, 1.54) is 4.90 Å². The lowest BCUT2D eigenvalue weighted by Crippen LogP contribution is -2.24. The molecule has 5 N–H and O–H groups in total. The van der Waals surface area contributed by atoms with Crippen LogP contribution in [0.25, 0.3) is 0 Å². The second-order valence-corrected chi connectivity index (χ2v) is 4.37. The van der Waals surface area contributed by atoms with Gasteiger partial charge in [-0.3, -0.25) is 9.59 Å². The summed E-state index contributed by atoms with van der Waals surface area (Å²) < 4.78 is 3.83. The Kier molecular flexibility index (Phi) is 4.27. The molecular formula is C9H15N5O2S. The lowest BCUT2D eigenvalue weighted by Gasteiger charge is -2.10. The van der Waals surface area contributed by atoms with Crippen molar-refractivity contribution in [2.45, 2.75) is 6.42 Å². The average molecular weight is 257 g/mol. The molecule has 0 saturated heterocycles. The summed E-state index contributed by atoms with van der Waals surface area (Å²) in [5, 5.41) is 3.43. The Morgan fingerprint density at radius 1 is 1.47 bits per heavy atom. The van der Waals surface area contributed by atoms with Crippen LogP contribution >= 0.6 is 11.5 Å². The molecule has 2 amide bonds. The third-order valence-corrected chi connectivity index (χ3v) is 2.91. The van der Waals surface area contributed by atoms with Crippen molar-refractivity contribution in [2.24, 2.45) is 5.73 Å². The van der Waals surface area contributed by atoms with Crippen LogP contribution in [0.4, 0.5) is 10.8 Å². The van der Waals surface area contributed by atoms with Crippen molar-refractivity contribution in [1.29, 1.82) is 0 Å². The number of carbonyl (C=O) groups is 2. The highest BCUT2D eigenvalue weighted by Crippen LogP contribution is 2.25. The molecule has 0 aliphatic heterocycles. The molecular weight excluding hydrogens is 242 g/mol. The Morgan fingerprint density at radius 3 is 2.65 bits per heavy atom. The second kappa shape index (κ2) is 5.48. The fourth-order valence-electron chi connectivity index (χ4n) is 1.17. The van der Waals surface area contributed by atoms with Crippen molar-refractivity contribution in [3.05, 3.63) is 5.56 Å². The van der Waals surface area contributed by atoms with Gasteiger partial charge in [0.15, 0.2) is 5.82 Å². The molecule has 1 heterocycles. The number of hydrogen-bond acceptors (Lipinski definition) is 6. The number of nitrogen functional groups attached to an aromatic ring is 1. The van der Waals surface area contributed by atoms with Crippen LogP contribution in [0.1, 0.15) is 16.8 Å².